The van der Waals surface area contributed by atoms with Crippen LogP contribution in [-0.2, 0) is 9.47 Å². The van der Waals surface area contributed by atoms with E-state index in [-0.39, 0.29) is 12.2 Å². The molecule has 0 heterocycles. The maximum atomic E-state index is 11.3. The monoisotopic (exact) mass is 254 g/mol. The first-order valence-corrected chi connectivity index (χ1v) is 6.57. The van der Waals surface area contributed by atoms with E-state index >= 15 is 0 Å². The van der Waals surface area contributed by atoms with E-state index < -0.39 is 12.2 Å². The summed E-state index contributed by atoms with van der Waals surface area (Å²) in [4.78, 5) is 22.5. The van der Waals surface area contributed by atoms with Crippen molar-refractivity contribution in [2.75, 3.05) is 0 Å². The van der Waals surface area contributed by atoms with Gasteiger partial charge in [0.1, 0.15) is 12.2 Å². The third-order valence-corrected chi connectivity index (χ3v) is 3.35. The van der Waals surface area contributed by atoms with Crippen LogP contribution in [0.5, 0.6) is 0 Å². The summed E-state index contributed by atoms with van der Waals surface area (Å²) >= 11 is 0. The largest absolute Gasteiger partial charge is 0.452 e. The highest BCUT2D eigenvalue weighted by molar-refractivity contribution is 5.73. The van der Waals surface area contributed by atoms with Gasteiger partial charge >= 0.3 is 12.2 Å². The molecule has 2 saturated carbocycles. The minimum Gasteiger partial charge on any atom is -0.444 e. The van der Waals surface area contributed by atoms with Crippen molar-refractivity contribution in [1.82, 2.24) is 0 Å². The molecule has 0 unspecified atom stereocenters. The third kappa shape index (κ3) is 4.09. The average molecular weight is 254 g/mol. The van der Waals surface area contributed by atoms with Gasteiger partial charge in [-0.1, -0.05) is 10.2 Å². The van der Waals surface area contributed by atoms with Crippen LogP contribution in [0, 0.1) is 0 Å². The lowest BCUT2D eigenvalue weighted by molar-refractivity contribution is 0.100. The van der Waals surface area contributed by atoms with E-state index in [1.165, 1.54) is 0 Å². The number of amides is 2. The zero-order valence-electron chi connectivity index (χ0n) is 10.3. The van der Waals surface area contributed by atoms with Gasteiger partial charge in [0.15, 0.2) is 0 Å². The zero-order valence-corrected chi connectivity index (χ0v) is 10.3. The van der Waals surface area contributed by atoms with E-state index in [4.69, 9.17) is 9.47 Å². The lowest BCUT2D eigenvalue weighted by Gasteiger charge is -2.08. The minimum atomic E-state index is -0.801. The fourth-order valence-electron chi connectivity index (χ4n) is 2.43. The molecule has 2 fully saturated rings. The molecule has 2 amide bonds. The molecule has 6 nitrogen and oxygen atoms in total. The second-order valence-electron chi connectivity index (χ2n) is 4.78. The molecular formula is C12H18N2O4. The Hall–Kier alpha value is -1.46. The Morgan fingerprint density at radius 1 is 0.722 bits per heavy atom. The van der Waals surface area contributed by atoms with Gasteiger partial charge in [0.05, 0.1) is 0 Å². The summed E-state index contributed by atoms with van der Waals surface area (Å²) in [6.45, 7) is 0. The maximum Gasteiger partial charge on any atom is 0.452 e. The highest BCUT2D eigenvalue weighted by Crippen LogP contribution is 2.22. The molecule has 0 aromatic rings. The minimum absolute atomic E-state index is 0.0673. The molecule has 2 aliphatic carbocycles. The number of ether oxygens (including phenoxy) is 2. The van der Waals surface area contributed by atoms with Gasteiger partial charge in [-0.15, -0.1) is 0 Å². The van der Waals surface area contributed by atoms with E-state index in [9.17, 15) is 9.59 Å². The van der Waals surface area contributed by atoms with Gasteiger partial charge < -0.3 is 9.47 Å². The van der Waals surface area contributed by atoms with Gasteiger partial charge in [-0.05, 0) is 51.4 Å². The molecule has 2 aliphatic rings. The first-order valence-electron chi connectivity index (χ1n) is 6.57. The lowest BCUT2D eigenvalue weighted by Crippen LogP contribution is -2.13. The molecule has 0 aliphatic heterocycles. The topological polar surface area (TPSA) is 77.3 Å². The molecule has 0 N–H and O–H groups in total. The Kier molecular flexibility index (Phi) is 4.66. The van der Waals surface area contributed by atoms with E-state index in [0.29, 0.717) is 0 Å². The van der Waals surface area contributed by atoms with Crippen LogP contribution in [0.25, 0.3) is 0 Å². The number of rotatable bonds is 2. The van der Waals surface area contributed by atoms with Gasteiger partial charge in [0.25, 0.3) is 0 Å². The molecule has 6 heteroatoms. The molecule has 18 heavy (non-hydrogen) atoms. The van der Waals surface area contributed by atoms with Crippen molar-refractivity contribution in [2.24, 2.45) is 10.2 Å². The Labute approximate surface area is 106 Å². The van der Waals surface area contributed by atoms with Crippen molar-refractivity contribution < 1.29 is 19.1 Å². The Balaban J connectivity index is 1.68. The van der Waals surface area contributed by atoms with Crippen molar-refractivity contribution in [3.8, 4) is 0 Å². The summed E-state index contributed by atoms with van der Waals surface area (Å²) in [6.07, 6.45) is 6.01. The van der Waals surface area contributed by atoms with Crippen LogP contribution in [0.2, 0.25) is 0 Å². The maximum absolute atomic E-state index is 11.3. The number of carbonyl (C=O) groups excluding carboxylic acids is 2. The van der Waals surface area contributed by atoms with Gasteiger partial charge in [-0.25, -0.2) is 9.59 Å². The number of hydrogen-bond acceptors (Lipinski definition) is 4. The predicted octanol–water partition coefficient (Wildman–Crippen LogP) is 3.60. The summed E-state index contributed by atoms with van der Waals surface area (Å²) in [5, 5.41) is 6.44. The number of carbonyl (C=O) groups is 2. The first kappa shape index (κ1) is 13.0. The molecular weight excluding hydrogens is 236 g/mol. The average Bonchev–Trinajstić information content (AvgIpc) is 2.99. The predicted molar refractivity (Wildman–Crippen MR) is 62.3 cm³/mol. The van der Waals surface area contributed by atoms with Crippen molar-refractivity contribution in [2.45, 2.75) is 63.6 Å². The Bertz CT molecular complexity index is 299. The normalized spacial score (nSPS) is 21.6. The second kappa shape index (κ2) is 6.47. The standard InChI is InChI=1S/C12H18N2O4/c15-11(17-9-5-1-2-6-9)13-14-12(16)18-10-7-3-4-8-10/h9-10H,1-8H2. The van der Waals surface area contributed by atoms with E-state index in [2.05, 4.69) is 10.2 Å². The van der Waals surface area contributed by atoms with Crippen molar-refractivity contribution >= 4 is 12.2 Å². The van der Waals surface area contributed by atoms with E-state index in [1.807, 2.05) is 0 Å². The highest BCUT2D eigenvalue weighted by Gasteiger charge is 2.21. The summed E-state index contributed by atoms with van der Waals surface area (Å²) < 4.78 is 10.0. The van der Waals surface area contributed by atoms with Crippen molar-refractivity contribution in [1.29, 1.82) is 0 Å². The van der Waals surface area contributed by atoms with Crippen LogP contribution in [0.4, 0.5) is 9.59 Å². The molecule has 0 atom stereocenters. The van der Waals surface area contributed by atoms with Crippen LogP contribution in [0.3, 0.4) is 0 Å². The smallest absolute Gasteiger partial charge is 0.444 e. The van der Waals surface area contributed by atoms with Gasteiger partial charge in [0.2, 0.25) is 0 Å². The molecule has 0 spiro atoms. The molecule has 0 saturated heterocycles. The van der Waals surface area contributed by atoms with Crippen molar-refractivity contribution in [3.05, 3.63) is 0 Å². The first-order chi connectivity index (χ1) is 8.74. The Morgan fingerprint density at radius 3 is 1.39 bits per heavy atom. The molecule has 0 bridgehead atoms. The van der Waals surface area contributed by atoms with E-state index in [1.54, 1.807) is 0 Å². The van der Waals surface area contributed by atoms with Crippen LogP contribution >= 0.6 is 0 Å². The van der Waals surface area contributed by atoms with Crippen molar-refractivity contribution in [3.63, 3.8) is 0 Å². The van der Waals surface area contributed by atoms with E-state index in [0.717, 1.165) is 51.4 Å². The van der Waals surface area contributed by atoms with Crippen LogP contribution in [0.15, 0.2) is 10.2 Å². The fraction of sp³-hybridized carbons (Fsp3) is 0.833. The number of azo groups is 1. The quantitative estimate of drug-likeness (QED) is 0.705. The zero-order chi connectivity index (χ0) is 12.8. The SMILES string of the molecule is O=C(N=NC(=O)OC1CCCC1)OC1CCCC1. The molecule has 0 aromatic heterocycles. The summed E-state index contributed by atoms with van der Waals surface area (Å²) in [7, 11) is 0. The molecule has 0 radical (unpaired) electrons. The van der Waals surface area contributed by atoms with Crippen LogP contribution < -0.4 is 0 Å². The number of nitrogens with zero attached hydrogens (tertiary/aromatic N) is 2. The lowest BCUT2D eigenvalue weighted by atomic mass is 10.3. The summed E-state index contributed by atoms with van der Waals surface area (Å²) in [5.74, 6) is 0. The summed E-state index contributed by atoms with van der Waals surface area (Å²) in [6, 6.07) is 0. The summed E-state index contributed by atoms with van der Waals surface area (Å²) in [5.41, 5.74) is 0. The van der Waals surface area contributed by atoms with Crippen LogP contribution in [-0.4, -0.2) is 24.4 Å². The Morgan fingerprint density at radius 2 is 1.06 bits per heavy atom. The third-order valence-electron chi connectivity index (χ3n) is 3.35. The van der Waals surface area contributed by atoms with Crippen LogP contribution in [0.1, 0.15) is 51.4 Å². The molecule has 0 aromatic carbocycles. The van der Waals surface area contributed by atoms with Gasteiger partial charge in [-0.3, -0.25) is 0 Å². The van der Waals surface area contributed by atoms with Gasteiger partial charge in [-0.2, -0.15) is 0 Å². The fourth-order valence-corrected chi connectivity index (χ4v) is 2.43. The highest BCUT2D eigenvalue weighted by atomic mass is 16.6. The molecule has 100 valence electrons. The number of hydrogen-bond donors (Lipinski definition) is 0. The molecule has 2 rings (SSSR count). The second-order valence-corrected chi connectivity index (χ2v) is 4.78. The van der Waals surface area contributed by atoms with Gasteiger partial charge in [0, 0.05) is 0 Å².